The average molecular weight is 233 g/mol. The Labute approximate surface area is 104 Å². The van der Waals surface area contributed by atoms with Crippen LogP contribution in [-0.4, -0.2) is 36.1 Å². The van der Waals surface area contributed by atoms with E-state index in [1.165, 1.54) is 18.5 Å². The second-order valence-electron chi connectivity index (χ2n) is 4.88. The van der Waals surface area contributed by atoms with Crippen LogP contribution in [0.1, 0.15) is 25.5 Å². The number of aromatic nitrogens is 1. The van der Waals surface area contributed by atoms with Crippen molar-refractivity contribution in [2.24, 2.45) is 5.92 Å². The van der Waals surface area contributed by atoms with E-state index in [1.54, 1.807) is 0 Å². The highest BCUT2D eigenvalue weighted by Gasteiger charge is 2.30. The normalized spacial score (nSPS) is 17.4. The van der Waals surface area contributed by atoms with Gasteiger partial charge in [0.15, 0.2) is 0 Å². The molecule has 1 aliphatic rings. The highest BCUT2D eigenvalue weighted by molar-refractivity contribution is 5.03. The quantitative estimate of drug-likeness (QED) is 0.779. The first kappa shape index (κ1) is 12.5. The lowest BCUT2D eigenvalue weighted by molar-refractivity contribution is 0.236. The molecule has 1 N–H and O–H groups in total. The van der Waals surface area contributed by atoms with Gasteiger partial charge in [-0.25, -0.2) is 0 Å². The molecule has 1 aromatic heterocycles. The Morgan fingerprint density at radius 3 is 2.82 bits per heavy atom. The van der Waals surface area contributed by atoms with Gasteiger partial charge >= 0.3 is 0 Å². The predicted molar refractivity (Wildman–Crippen MR) is 70.8 cm³/mol. The van der Waals surface area contributed by atoms with Crippen molar-refractivity contribution in [3.05, 3.63) is 30.1 Å². The maximum absolute atomic E-state index is 4.40. The Bertz CT molecular complexity index is 321. The molecule has 1 unspecified atom stereocenters. The molecular weight excluding hydrogens is 210 g/mol. The lowest BCUT2D eigenvalue weighted by Gasteiger charge is -2.26. The Morgan fingerprint density at radius 2 is 2.29 bits per heavy atom. The van der Waals surface area contributed by atoms with Gasteiger partial charge in [-0.1, -0.05) is 13.0 Å². The average Bonchev–Trinajstić information content (AvgIpc) is 3.20. The van der Waals surface area contributed by atoms with Crippen LogP contribution < -0.4 is 5.32 Å². The number of nitrogens with zero attached hydrogens (tertiary/aromatic N) is 2. The number of pyridine rings is 1. The summed E-state index contributed by atoms with van der Waals surface area (Å²) in [6.45, 7) is 5.40. The van der Waals surface area contributed by atoms with Gasteiger partial charge in [-0.05, 0) is 44.5 Å². The first-order valence-corrected chi connectivity index (χ1v) is 6.63. The number of nitrogens with one attached hydrogen (secondary N) is 1. The maximum atomic E-state index is 4.40. The van der Waals surface area contributed by atoms with Crippen molar-refractivity contribution in [1.82, 2.24) is 15.2 Å². The molecule has 3 nitrogen and oxygen atoms in total. The largest absolute Gasteiger partial charge is 0.315 e. The predicted octanol–water partition coefficient (Wildman–Crippen LogP) is 1.90. The highest BCUT2D eigenvalue weighted by Crippen LogP contribution is 2.32. The van der Waals surface area contributed by atoms with Crippen molar-refractivity contribution in [2.75, 3.05) is 20.1 Å². The summed E-state index contributed by atoms with van der Waals surface area (Å²) in [4.78, 5) is 6.87. The summed E-state index contributed by atoms with van der Waals surface area (Å²) in [5.74, 6) is 0.901. The topological polar surface area (TPSA) is 28.2 Å². The third kappa shape index (κ3) is 3.79. The molecule has 0 bridgehead atoms. The zero-order valence-electron chi connectivity index (χ0n) is 10.9. The molecule has 0 spiro atoms. The second-order valence-corrected chi connectivity index (χ2v) is 4.88. The molecule has 0 amide bonds. The van der Waals surface area contributed by atoms with Crippen molar-refractivity contribution < 1.29 is 0 Å². The Balaban J connectivity index is 1.87. The fourth-order valence-electron chi connectivity index (χ4n) is 2.28. The van der Waals surface area contributed by atoms with Crippen LogP contribution in [0.15, 0.2) is 24.4 Å². The molecule has 2 rings (SSSR count). The van der Waals surface area contributed by atoms with Crippen molar-refractivity contribution in [2.45, 2.75) is 32.4 Å². The van der Waals surface area contributed by atoms with Crippen LogP contribution in [0.4, 0.5) is 0 Å². The van der Waals surface area contributed by atoms with E-state index in [0.29, 0.717) is 6.04 Å². The van der Waals surface area contributed by atoms with E-state index in [-0.39, 0.29) is 0 Å². The molecule has 0 aromatic carbocycles. The summed E-state index contributed by atoms with van der Waals surface area (Å²) in [6, 6.07) is 6.79. The van der Waals surface area contributed by atoms with Gasteiger partial charge in [0.05, 0.1) is 5.69 Å². The van der Waals surface area contributed by atoms with Crippen LogP contribution in [0.2, 0.25) is 0 Å². The SMILES string of the molecule is CCN(Cc1ccccn1)CC(NC)C1CC1. The number of rotatable bonds is 7. The van der Waals surface area contributed by atoms with Gasteiger partial charge in [-0.15, -0.1) is 0 Å². The van der Waals surface area contributed by atoms with E-state index < -0.39 is 0 Å². The Hall–Kier alpha value is -0.930. The van der Waals surface area contributed by atoms with Gasteiger partial charge in [-0.3, -0.25) is 9.88 Å². The molecule has 0 radical (unpaired) electrons. The lowest BCUT2D eigenvalue weighted by atomic mass is 10.1. The van der Waals surface area contributed by atoms with E-state index >= 15 is 0 Å². The molecule has 1 saturated carbocycles. The van der Waals surface area contributed by atoms with Gasteiger partial charge in [0.25, 0.3) is 0 Å². The van der Waals surface area contributed by atoms with Gasteiger partial charge in [0.2, 0.25) is 0 Å². The molecule has 3 heteroatoms. The Kier molecular flexibility index (Phi) is 4.51. The molecule has 94 valence electrons. The van der Waals surface area contributed by atoms with Gasteiger partial charge in [0, 0.05) is 25.3 Å². The molecule has 1 aromatic rings. The number of hydrogen-bond acceptors (Lipinski definition) is 3. The van der Waals surface area contributed by atoms with Crippen molar-refractivity contribution >= 4 is 0 Å². The van der Waals surface area contributed by atoms with Crippen molar-refractivity contribution in [3.8, 4) is 0 Å². The van der Waals surface area contributed by atoms with Crippen LogP contribution in [0.5, 0.6) is 0 Å². The summed E-state index contributed by atoms with van der Waals surface area (Å²) < 4.78 is 0. The maximum Gasteiger partial charge on any atom is 0.0543 e. The summed E-state index contributed by atoms with van der Waals surface area (Å²) in [5.41, 5.74) is 1.17. The molecule has 17 heavy (non-hydrogen) atoms. The Morgan fingerprint density at radius 1 is 1.47 bits per heavy atom. The third-order valence-corrected chi connectivity index (χ3v) is 3.58. The molecule has 0 saturated heterocycles. The van der Waals surface area contributed by atoms with Crippen LogP contribution in [-0.2, 0) is 6.54 Å². The first-order chi connectivity index (χ1) is 8.33. The minimum absolute atomic E-state index is 0.652. The van der Waals surface area contributed by atoms with E-state index in [1.807, 2.05) is 12.3 Å². The van der Waals surface area contributed by atoms with Crippen LogP contribution in [0.25, 0.3) is 0 Å². The summed E-state index contributed by atoms with van der Waals surface area (Å²) in [5, 5.41) is 3.45. The van der Waals surface area contributed by atoms with Gasteiger partial charge in [0.1, 0.15) is 0 Å². The number of hydrogen-bond donors (Lipinski definition) is 1. The van der Waals surface area contributed by atoms with Crippen LogP contribution in [0.3, 0.4) is 0 Å². The van der Waals surface area contributed by atoms with Gasteiger partial charge < -0.3 is 5.32 Å². The van der Waals surface area contributed by atoms with Crippen LogP contribution in [0, 0.1) is 5.92 Å². The molecular formula is C14H23N3. The van der Waals surface area contributed by atoms with Gasteiger partial charge in [-0.2, -0.15) is 0 Å². The van der Waals surface area contributed by atoms with E-state index in [4.69, 9.17) is 0 Å². The summed E-state index contributed by atoms with van der Waals surface area (Å²) in [7, 11) is 2.08. The van der Waals surface area contributed by atoms with Crippen LogP contribution >= 0.6 is 0 Å². The number of likely N-dealkylation sites (N-methyl/N-ethyl adjacent to an activating group) is 2. The van der Waals surface area contributed by atoms with E-state index in [0.717, 1.165) is 25.6 Å². The first-order valence-electron chi connectivity index (χ1n) is 6.63. The van der Waals surface area contributed by atoms with Crippen molar-refractivity contribution in [3.63, 3.8) is 0 Å². The van der Waals surface area contributed by atoms with E-state index in [2.05, 4.69) is 41.3 Å². The fourth-order valence-corrected chi connectivity index (χ4v) is 2.28. The van der Waals surface area contributed by atoms with Crippen molar-refractivity contribution in [1.29, 1.82) is 0 Å². The standard InChI is InChI=1S/C14H23N3/c1-3-17(10-13-6-4-5-9-16-13)11-14(15-2)12-7-8-12/h4-6,9,12,14-15H,3,7-8,10-11H2,1-2H3. The zero-order chi connectivity index (χ0) is 12.1. The van der Waals surface area contributed by atoms with E-state index in [9.17, 15) is 0 Å². The minimum Gasteiger partial charge on any atom is -0.315 e. The highest BCUT2D eigenvalue weighted by atomic mass is 15.2. The monoisotopic (exact) mass is 233 g/mol. The molecule has 1 atom stereocenters. The molecule has 1 fully saturated rings. The summed E-state index contributed by atoms with van der Waals surface area (Å²) >= 11 is 0. The molecule has 1 aliphatic carbocycles. The zero-order valence-corrected chi connectivity index (χ0v) is 10.9. The minimum atomic E-state index is 0.652. The molecule has 0 aliphatic heterocycles. The lowest BCUT2D eigenvalue weighted by Crippen LogP contribution is -2.40. The molecule has 1 heterocycles. The summed E-state index contributed by atoms with van der Waals surface area (Å²) in [6.07, 6.45) is 4.67. The smallest absolute Gasteiger partial charge is 0.0543 e. The third-order valence-electron chi connectivity index (χ3n) is 3.58. The second kappa shape index (κ2) is 6.12. The fraction of sp³-hybridized carbons (Fsp3) is 0.643.